The first-order chi connectivity index (χ1) is 15.6. The van der Waals surface area contributed by atoms with Gasteiger partial charge in [0.25, 0.3) is 0 Å². The molecule has 0 atom stereocenters. The number of methoxy groups -OCH3 is 1. The third-order valence-electron chi connectivity index (χ3n) is 4.94. The number of nitrogens with one attached hydrogen (secondary N) is 2. The molecule has 0 aliphatic carbocycles. The zero-order chi connectivity index (χ0) is 22.8. The molecule has 3 aromatic rings. The van der Waals surface area contributed by atoms with Crippen LogP contribution in [-0.4, -0.2) is 38.3 Å². The Balaban J connectivity index is 0.00000385. The van der Waals surface area contributed by atoms with Gasteiger partial charge in [0.05, 0.1) is 19.3 Å². The highest BCUT2D eigenvalue weighted by Gasteiger charge is 2.09. The third-order valence-corrected chi connectivity index (χ3v) is 4.94. The average Bonchev–Trinajstić information content (AvgIpc) is 3.27. The van der Waals surface area contributed by atoms with Crippen molar-refractivity contribution >= 4 is 29.9 Å². The maximum atomic E-state index is 5.96. The summed E-state index contributed by atoms with van der Waals surface area (Å²) in [7, 11) is 3.43. The first-order valence-electron chi connectivity index (χ1n) is 10.8. The van der Waals surface area contributed by atoms with E-state index < -0.39 is 0 Å². The lowest BCUT2D eigenvalue weighted by Crippen LogP contribution is -2.36. The fraction of sp³-hybridized carbons (Fsp3) is 0.360. The summed E-state index contributed by atoms with van der Waals surface area (Å²) in [5.74, 6) is 2.88. The summed E-state index contributed by atoms with van der Waals surface area (Å²) in [6.07, 6.45) is 2.60. The van der Waals surface area contributed by atoms with Crippen LogP contribution in [0.5, 0.6) is 5.75 Å². The number of rotatable bonds is 10. The van der Waals surface area contributed by atoms with E-state index in [1.54, 1.807) is 20.4 Å². The first kappa shape index (κ1) is 26.7. The molecule has 33 heavy (non-hydrogen) atoms. The smallest absolute Gasteiger partial charge is 0.214 e. The summed E-state index contributed by atoms with van der Waals surface area (Å²) < 4.78 is 16.9. The van der Waals surface area contributed by atoms with Gasteiger partial charge in [0.2, 0.25) is 5.89 Å². The molecule has 0 spiro atoms. The molecule has 0 bridgehead atoms. The minimum absolute atomic E-state index is 0. The lowest BCUT2D eigenvalue weighted by molar-refractivity contribution is 0.171. The maximum absolute atomic E-state index is 5.96. The van der Waals surface area contributed by atoms with Gasteiger partial charge in [0, 0.05) is 44.9 Å². The molecule has 0 aliphatic heterocycles. The second-order valence-electron chi connectivity index (χ2n) is 7.57. The Bertz CT molecular complexity index is 1020. The number of oxazole rings is 1. The van der Waals surface area contributed by atoms with Crippen LogP contribution >= 0.6 is 24.0 Å². The van der Waals surface area contributed by atoms with Crippen molar-refractivity contribution in [2.45, 2.75) is 33.4 Å². The summed E-state index contributed by atoms with van der Waals surface area (Å²) in [5.41, 5.74) is 4.44. The SMILES string of the molecule is CN=C(NCc1ncc(-c2ccc(C)cc2)o1)NCc1ccc(C)cc1OCCCOC.I. The van der Waals surface area contributed by atoms with E-state index in [2.05, 4.69) is 64.8 Å². The van der Waals surface area contributed by atoms with Crippen molar-refractivity contribution in [3.8, 4) is 17.1 Å². The molecule has 0 fully saturated rings. The molecule has 178 valence electrons. The molecule has 2 N–H and O–H groups in total. The molecule has 3 rings (SSSR count). The molecule has 2 aromatic carbocycles. The Morgan fingerprint density at radius 2 is 1.73 bits per heavy atom. The first-order valence-corrected chi connectivity index (χ1v) is 10.8. The van der Waals surface area contributed by atoms with E-state index in [0.29, 0.717) is 38.2 Å². The summed E-state index contributed by atoms with van der Waals surface area (Å²) in [6, 6.07) is 14.4. The summed E-state index contributed by atoms with van der Waals surface area (Å²) >= 11 is 0. The number of aryl methyl sites for hydroxylation is 2. The largest absolute Gasteiger partial charge is 0.493 e. The molecule has 0 aliphatic rings. The zero-order valence-corrected chi connectivity index (χ0v) is 22.0. The molecule has 1 aromatic heterocycles. The van der Waals surface area contributed by atoms with Gasteiger partial charge in [-0.15, -0.1) is 24.0 Å². The molecule has 8 heteroatoms. The second kappa shape index (κ2) is 13.8. The van der Waals surface area contributed by atoms with Gasteiger partial charge in [-0.25, -0.2) is 4.98 Å². The Kier molecular flexibility index (Phi) is 11.2. The second-order valence-corrected chi connectivity index (χ2v) is 7.57. The Morgan fingerprint density at radius 3 is 2.45 bits per heavy atom. The van der Waals surface area contributed by atoms with Crippen molar-refractivity contribution in [3.63, 3.8) is 0 Å². The quantitative estimate of drug-likeness (QED) is 0.159. The highest BCUT2D eigenvalue weighted by atomic mass is 127. The van der Waals surface area contributed by atoms with Gasteiger partial charge in [-0.1, -0.05) is 42.0 Å². The fourth-order valence-corrected chi connectivity index (χ4v) is 3.13. The van der Waals surface area contributed by atoms with Gasteiger partial charge in [-0.3, -0.25) is 4.99 Å². The lowest BCUT2D eigenvalue weighted by atomic mass is 10.1. The number of nitrogens with zero attached hydrogens (tertiary/aromatic N) is 2. The Hall–Kier alpha value is -2.59. The lowest BCUT2D eigenvalue weighted by Gasteiger charge is -2.15. The van der Waals surface area contributed by atoms with Crippen LogP contribution < -0.4 is 15.4 Å². The molecular weight excluding hydrogens is 531 g/mol. The standard InChI is InChI=1S/C25H32N4O3.HI/c1-18-6-9-20(10-7-18)23-16-27-24(32-23)17-29-25(26-3)28-15-21-11-8-19(2)14-22(21)31-13-5-12-30-4;/h6-11,14,16H,5,12-13,15,17H2,1-4H3,(H2,26,28,29);1H. The van der Waals surface area contributed by atoms with Gasteiger partial charge in [0.15, 0.2) is 11.7 Å². The molecule has 0 saturated heterocycles. The number of halogens is 1. The van der Waals surface area contributed by atoms with Gasteiger partial charge < -0.3 is 24.5 Å². The van der Waals surface area contributed by atoms with Gasteiger partial charge >= 0.3 is 0 Å². The van der Waals surface area contributed by atoms with Crippen LogP contribution in [0.2, 0.25) is 0 Å². The van der Waals surface area contributed by atoms with Crippen molar-refractivity contribution in [1.82, 2.24) is 15.6 Å². The molecule has 0 radical (unpaired) electrons. The zero-order valence-electron chi connectivity index (χ0n) is 19.7. The normalized spacial score (nSPS) is 11.1. The van der Waals surface area contributed by atoms with E-state index in [9.17, 15) is 0 Å². The van der Waals surface area contributed by atoms with Crippen molar-refractivity contribution < 1.29 is 13.9 Å². The number of guanidine groups is 1. The van der Waals surface area contributed by atoms with E-state index in [1.165, 1.54) is 5.56 Å². The van der Waals surface area contributed by atoms with E-state index in [1.807, 2.05) is 12.1 Å². The van der Waals surface area contributed by atoms with E-state index >= 15 is 0 Å². The summed E-state index contributed by atoms with van der Waals surface area (Å²) in [6.45, 7) is 6.43. The van der Waals surface area contributed by atoms with Crippen LogP contribution in [0.15, 0.2) is 58.1 Å². The van der Waals surface area contributed by atoms with Crippen molar-refractivity contribution in [1.29, 1.82) is 0 Å². The highest BCUT2D eigenvalue weighted by Crippen LogP contribution is 2.21. The molecular formula is C25H33IN4O3. The van der Waals surface area contributed by atoms with E-state index in [0.717, 1.165) is 34.6 Å². The number of aromatic nitrogens is 1. The van der Waals surface area contributed by atoms with Crippen LogP contribution in [0.4, 0.5) is 0 Å². The van der Waals surface area contributed by atoms with Crippen molar-refractivity contribution in [2.24, 2.45) is 4.99 Å². The van der Waals surface area contributed by atoms with E-state index in [4.69, 9.17) is 13.9 Å². The predicted molar refractivity (Wildman–Crippen MR) is 142 cm³/mol. The number of ether oxygens (including phenoxy) is 2. The molecule has 0 saturated carbocycles. The van der Waals surface area contributed by atoms with Crippen LogP contribution in [0.3, 0.4) is 0 Å². The molecule has 7 nitrogen and oxygen atoms in total. The van der Waals surface area contributed by atoms with Gasteiger partial charge in [-0.05, 0) is 25.5 Å². The van der Waals surface area contributed by atoms with E-state index in [-0.39, 0.29) is 24.0 Å². The van der Waals surface area contributed by atoms with Crippen molar-refractivity contribution in [3.05, 3.63) is 71.2 Å². The number of benzene rings is 2. The van der Waals surface area contributed by atoms with Crippen LogP contribution in [0.25, 0.3) is 11.3 Å². The van der Waals surface area contributed by atoms with Crippen LogP contribution in [0, 0.1) is 13.8 Å². The maximum Gasteiger partial charge on any atom is 0.214 e. The molecule has 0 amide bonds. The predicted octanol–water partition coefficient (Wildman–Crippen LogP) is 4.86. The minimum Gasteiger partial charge on any atom is -0.493 e. The van der Waals surface area contributed by atoms with Crippen LogP contribution in [0.1, 0.15) is 29.0 Å². The fourth-order valence-electron chi connectivity index (χ4n) is 3.13. The Morgan fingerprint density at radius 1 is 1.00 bits per heavy atom. The van der Waals surface area contributed by atoms with Gasteiger partial charge in [0.1, 0.15) is 5.75 Å². The average molecular weight is 564 g/mol. The van der Waals surface area contributed by atoms with Crippen molar-refractivity contribution in [2.75, 3.05) is 27.4 Å². The van der Waals surface area contributed by atoms with Crippen LogP contribution in [-0.2, 0) is 17.8 Å². The number of aliphatic imine (C=N–C) groups is 1. The highest BCUT2D eigenvalue weighted by molar-refractivity contribution is 14.0. The summed E-state index contributed by atoms with van der Waals surface area (Å²) in [4.78, 5) is 8.66. The molecule has 1 heterocycles. The Labute approximate surface area is 213 Å². The topological polar surface area (TPSA) is 80.9 Å². The monoisotopic (exact) mass is 564 g/mol. The minimum atomic E-state index is 0. The number of hydrogen-bond acceptors (Lipinski definition) is 5. The number of hydrogen-bond donors (Lipinski definition) is 2. The summed E-state index contributed by atoms with van der Waals surface area (Å²) in [5, 5.41) is 6.57. The van der Waals surface area contributed by atoms with Gasteiger partial charge in [-0.2, -0.15) is 0 Å². The molecule has 0 unspecified atom stereocenters. The third kappa shape index (κ3) is 8.36.